The van der Waals surface area contributed by atoms with E-state index in [9.17, 15) is 9.90 Å². The molecule has 0 aromatic heterocycles. The number of hydrogen-bond donors (Lipinski definition) is 1. The van der Waals surface area contributed by atoms with Crippen LogP contribution in [0.3, 0.4) is 0 Å². The molecule has 3 fully saturated rings. The third-order valence-electron chi connectivity index (χ3n) is 4.26. The van der Waals surface area contributed by atoms with Crippen LogP contribution in [0.5, 0.6) is 0 Å². The second-order valence-electron chi connectivity index (χ2n) is 7.07. The standard InChI is InChI=1S/C15H24O8/c1-13(2)19-7-9(21-13)11-10-8(20-14(3,4)22-10)6-15(17,23-11)12(16)18-5/h8-11,17H,6-7H2,1-5H3/t8-,9-,10-,11?,15-/m1/s1. The summed E-state index contributed by atoms with van der Waals surface area (Å²) in [5, 5.41) is 10.6. The van der Waals surface area contributed by atoms with Gasteiger partial charge in [0.2, 0.25) is 0 Å². The van der Waals surface area contributed by atoms with E-state index in [4.69, 9.17) is 23.7 Å². The molecule has 0 saturated carbocycles. The summed E-state index contributed by atoms with van der Waals surface area (Å²) in [6, 6.07) is 0. The van der Waals surface area contributed by atoms with Crippen molar-refractivity contribution in [1.82, 2.24) is 0 Å². The van der Waals surface area contributed by atoms with Crippen molar-refractivity contribution < 1.29 is 38.3 Å². The predicted molar refractivity (Wildman–Crippen MR) is 75.2 cm³/mol. The number of fused-ring (bicyclic) bond motifs is 1. The van der Waals surface area contributed by atoms with E-state index in [0.717, 1.165) is 0 Å². The Morgan fingerprint density at radius 2 is 1.61 bits per heavy atom. The molecule has 3 saturated heterocycles. The highest BCUT2D eigenvalue weighted by Crippen LogP contribution is 2.43. The first-order chi connectivity index (χ1) is 10.6. The van der Waals surface area contributed by atoms with Gasteiger partial charge in [-0.1, -0.05) is 0 Å². The van der Waals surface area contributed by atoms with Gasteiger partial charge < -0.3 is 33.5 Å². The van der Waals surface area contributed by atoms with Crippen molar-refractivity contribution in [2.24, 2.45) is 0 Å². The van der Waals surface area contributed by atoms with E-state index in [1.54, 1.807) is 27.7 Å². The minimum Gasteiger partial charge on any atom is -0.465 e. The lowest BCUT2D eigenvalue weighted by Crippen LogP contribution is -2.61. The van der Waals surface area contributed by atoms with E-state index < -0.39 is 47.7 Å². The number of esters is 1. The van der Waals surface area contributed by atoms with Crippen molar-refractivity contribution >= 4 is 5.97 Å². The number of rotatable bonds is 2. The average molecular weight is 332 g/mol. The predicted octanol–water partition coefficient (Wildman–Crippen LogP) is 0.308. The quantitative estimate of drug-likeness (QED) is 0.722. The Bertz CT molecular complexity index is 490. The molecule has 0 amide bonds. The Morgan fingerprint density at radius 1 is 1.00 bits per heavy atom. The van der Waals surface area contributed by atoms with Gasteiger partial charge in [0.15, 0.2) is 11.6 Å². The van der Waals surface area contributed by atoms with Crippen LogP contribution in [0, 0.1) is 0 Å². The van der Waals surface area contributed by atoms with Crippen LogP contribution >= 0.6 is 0 Å². The molecular formula is C15H24O8. The summed E-state index contributed by atoms with van der Waals surface area (Å²) >= 11 is 0. The summed E-state index contributed by atoms with van der Waals surface area (Å²) < 4.78 is 33.5. The van der Waals surface area contributed by atoms with Gasteiger partial charge in [0, 0.05) is 6.42 Å². The number of carbonyl (C=O) groups is 1. The highest BCUT2D eigenvalue weighted by Gasteiger charge is 2.60. The lowest BCUT2D eigenvalue weighted by molar-refractivity contribution is -0.298. The zero-order chi connectivity index (χ0) is 17.0. The van der Waals surface area contributed by atoms with Crippen LogP contribution in [0.1, 0.15) is 34.1 Å². The normalized spacial score (nSPS) is 44.8. The summed E-state index contributed by atoms with van der Waals surface area (Å²) in [7, 11) is 1.19. The van der Waals surface area contributed by atoms with Crippen LogP contribution in [-0.2, 0) is 33.2 Å². The van der Waals surface area contributed by atoms with Crippen molar-refractivity contribution in [3.05, 3.63) is 0 Å². The summed E-state index contributed by atoms with van der Waals surface area (Å²) in [5.74, 6) is -4.57. The Morgan fingerprint density at radius 3 is 2.17 bits per heavy atom. The summed E-state index contributed by atoms with van der Waals surface area (Å²) in [5.41, 5.74) is 0. The molecule has 3 aliphatic rings. The fourth-order valence-electron chi connectivity index (χ4n) is 3.37. The maximum atomic E-state index is 12.0. The molecule has 3 aliphatic heterocycles. The first kappa shape index (κ1) is 17.1. The van der Waals surface area contributed by atoms with E-state index in [1.165, 1.54) is 7.11 Å². The van der Waals surface area contributed by atoms with Gasteiger partial charge in [-0.15, -0.1) is 0 Å². The second kappa shape index (κ2) is 5.37. The Labute approximate surface area is 134 Å². The molecule has 8 heteroatoms. The van der Waals surface area contributed by atoms with E-state index >= 15 is 0 Å². The molecule has 0 aromatic rings. The van der Waals surface area contributed by atoms with Crippen LogP contribution < -0.4 is 0 Å². The van der Waals surface area contributed by atoms with Crippen LogP contribution in [-0.4, -0.2) is 66.6 Å². The van der Waals surface area contributed by atoms with Gasteiger partial charge >= 0.3 is 5.97 Å². The lowest BCUT2D eigenvalue weighted by Gasteiger charge is -2.41. The third-order valence-corrected chi connectivity index (χ3v) is 4.26. The van der Waals surface area contributed by atoms with E-state index in [-0.39, 0.29) is 13.0 Å². The van der Waals surface area contributed by atoms with Gasteiger partial charge in [0.05, 0.1) is 19.8 Å². The molecule has 0 spiro atoms. The number of hydrogen-bond acceptors (Lipinski definition) is 8. The Balaban J connectivity index is 1.87. The highest BCUT2D eigenvalue weighted by atomic mass is 16.8. The molecular weight excluding hydrogens is 308 g/mol. The molecule has 3 heterocycles. The van der Waals surface area contributed by atoms with Crippen molar-refractivity contribution in [3.8, 4) is 0 Å². The first-order valence-corrected chi connectivity index (χ1v) is 7.71. The van der Waals surface area contributed by atoms with Gasteiger partial charge in [-0.05, 0) is 27.7 Å². The van der Waals surface area contributed by atoms with Crippen molar-refractivity contribution in [2.75, 3.05) is 13.7 Å². The van der Waals surface area contributed by atoms with Crippen molar-refractivity contribution in [3.63, 3.8) is 0 Å². The van der Waals surface area contributed by atoms with Gasteiger partial charge in [-0.3, -0.25) is 0 Å². The number of aliphatic hydroxyl groups is 1. The van der Waals surface area contributed by atoms with Gasteiger partial charge in [-0.2, -0.15) is 0 Å². The minimum absolute atomic E-state index is 0.0682. The molecule has 1 unspecified atom stereocenters. The largest absolute Gasteiger partial charge is 0.465 e. The van der Waals surface area contributed by atoms with E-state index in [1.807, 2.05) is 0 Å². The molecule has 1 N–H and O–H groups in total. The first-order valence-electron chi connectivity index (χ1n) is 7.71. The Kier molecular flexibility index (Phi) is 3.98. The molecule has 0 bridgehead atoms. The topological polar surface area (TPSA) is 92.7 Å². The second-order valence-corrected chi connectivity index (χ2v) is 7.07. The fourth-order valence-corrected chi connectivity index (χ4v) is 3.37. The van der Waals surface area contributed by atoms with E-state index in [0.29, 0.717) is 0 Å². The highest BCUT2D eigenvalue weighted by molar-refractivity contribution is 5.77. The maximum absolute atomic E-state index is 12.0. The van der Waals surface area contributed by atoms with Gasteiger partial charge in [0.1, 0.15) is 18.3 Å². The van der Waals surface area contributed by atoms with Gasteiger partial charge in [0.25, 0.3) is 5.79 Å². The van der Waals surface area contributed by atoms with Crippen molar-refractivity contribution in [2.45, 2.75) is 75.9 Å². The van der Waals surface area contributed by atoms with Crippen LogP contribution in [0.15, 0.2) is 0 Å². The number of methoxy groups -OCH3 is 1. The third kappa shape index (κ3) is 3.11. The van der Waals surface area contributed by atoms with Crippen LogP contribution in [0.25, 0.3) is 0 Å². The van der Waals surface area contributed by atoms with Gasteiger partial charge in [-0.25, -0.2) is 4.79 Å². The van der Waals surface area contributed by atoms with Crippen LogP contribution in [0.2, 0.25) is 0 Å². The lowest BCUT2D eigenvalue weighted by atomic mass is 9.93. The molecule has 0 radical (unpaired) electrons. The zero-order valence-electron chi connectivity index (χ0n) is 14.0. The molecule has 3 rings (SSSR count). The summed E-state index contributed by atoms with van der Waals surface area (Å²) in [4.78, 5) is 12.0. The number of carbonyl (C=O) groups excluding carboxylic acids is 1. The zero-order valence-corrected chi connectivity index (χ0v) is 14.0. The molecule has 132 valence electrons. The minimum atomic E-state index is -2.10. The fraction of sp³-hybridized carbons (Fsp3) is 0.933. The monoisotopic (exact) mass is 332 g/mol. The smallest absolute Gasteiger partial charge is 0.366 e. The molecule has 8 nitrogen and oxygen atoms in total. The molecule has 23 heavy (non-hydrogen) atoms. The SMILES string of the molecule is COC(=O)[C@@]1(O)C[C@H]2OC(C)(C)O[C@H]2C([C@H]2COC(C)(C)O2)O1. The van der Waals surface area contributed by atoms with Crippen LogP contribution in [0.4, 0.5) is 0 Å². The molecule has 0 aromatic carbocycles. The van der Waals surface area contributed by atoms with E-state index in [2.05, 4.69) is 4.74 Å². The number of ether oxygens (including phenoxy) is 6. The molecule has 5 atom stereocenters. The Hall–Kier alpha value is -0.770. The van der Waals surface area contributed by atoms with Crippen molar-refractivity contribution in [1.29, 1.82) is 0 Å². The molecule has 0 aliphatic carbocycles. The maximum Gasteiger partial charge on any atom is 0.366 e. The summed E-state index contributed by atoms with van der Waals surface area (Å²) in [6.07, 6.45) is -2.27. The average Bonchev–Trinajstić information content (AvgIpc) is 2.94. The summed E-state index contributed by atoms with van der Waals surface area (Å²) in [6.45, 7) is 7.39.